The Hall–Kier alpha value is -1.43. The van der Waals surface area contributed by atoms with Crippen LogP contribution in [-0.2, 0) is 11.2 Å². The zero-order valence-electron chi connectivity index (χ0n) is 11.6. The fourth-order valence-electron chi connectivity index (χ4n) is 1.81. The molecule has 0 saturated heterocycles. The molecule has 0 amide bonds. The lowest BCUT2D eigenvalue weighted by atomic mass is 10.1. The standard InChI is InChI=1S/C16H16BrNO2S/c1-19-9-8-11-2-5-13(6-3-11)20-15-7-4-12(16(18)21)10-14(15)17/h2-7,10H,8-9H2,1H3,(H2,18,21). The molecule has 0 aliphatic carbocycles. The van der Waals surface area contributed by atoms with Crippen LogP contribution in [0.3, 0.4) is 0 Å². The Balaban J connectivity index is 2.09. The average molecular weight is 366 g/mol. The maximum Gasteiger partial charge on any atom is 0.141 e. The SMILES string of the molecule is COCCc1ccc(Oc2ccc(C(N)=S)cc2Br)cc1. The number of hydrogen-bond acceptors (Lipinski definition) is 3. The lowest BCUT2D eigenvalue weighted by Crippen LogP contribution is -2.08. The van der Waals surface area contributed by atoms with Crippen molar-refractivity contribution in [3.63, 3.8) is 0 Å². The highest BCUT2D eigenvalue weighted by molar-refractivity contribution is 9.10. The molecule has 0 spiro atoms. The van der Waals surface area contributed by atoms with Gasteiger partial charge in [0.2, 0.25) is 0 Å². The molecule has 2 N–H and O–H groups in total. The number of rotatable bonds is 6. The molecule has 2 aromatic carbocycles. The second-order valence-corrected chi connectivity index (χ2v) is 5.79. The van der Waals surface area contributed by atoms with Crippen molar-refractivity contribution in [1.82, 2.24) is 0 Å². The van der Waals surface area contributed by atoms with Crippen LogP contribution in [0.1, 0.15) is 11.1 Å². The van der Waals surface area contributed by atoms with Crippen LogP contribution in [0.15, 0.2) is 46.9 Å². The lowest BCUT2D eigenvalue weighted by molar-refractivity contribution is 0.202. The quantitative estimate of drug-likeness (QED) is 0.783. The van der Waals surface area contributed by atoms with Crippen LogP contribution >= 0.6 is 28.1 Å². The molecule has 0 heterocycles. The summed E-state index contributed by atoms with van der Waals surface area (Å²) in [6.45, 7) is 0.714. The van der Waals surface area contributed by atoms with Crippen molar-refractivity contribution in [2.24, 2.45) is 5.73 Å². The number of thiocarbonyl (C=S) groups is 1. The molecule has 2 rings (SSSR count). The number of methoxy groups -OCH3 is 1. The molecule has 0 aliphatic rings. The van der Waals surface area contributed by atoms with Gasteiger partial charge in [-0.15, -0.1) is 0 Å². The van der Waals surface area contributed by atoms with E-state index in [2.05, 4.69) is 15.9 Å². The Morgan fingerprint density at radius 1 is 1.19 bits per heavy atom. The van der Waals surface area contributed by atoms with Gasteiger partial charge in [-0.05, 0) is 58.2 Å². The lowest BCUT2D eigenvalue weighted by Gasteiger charge is -2.10. The first-order valence-corrected chi connectivity index (χ1v) is 7.65. The maximum absolute atomic E-state index is 5.84. The van der Waals surface area contributed by atoms with Gasteiger partial charge >= 0.3 is 0 Å². The van der Waals surface area contributed by atoms with E-state index in [1.165, 1.54) is 5.56 Å². The summed E-state index contributed by atoms with van der Waals surface area (Å²) >= 11 is 8.41. The summed E-state index contributed by atoms with van der Waals surface area (Å²) in [7, 11) is 1.70. The van der Waals surface area contributed by atoms with E-state index in [0.717, 1.165) is 28.0 Å². The van der Waals surface area contributed by atoms with Crippen LogP contribution in [0.5, 0.6) is 11.5 Å². The molecule has 0 saturated carbocycles. The second-order valence-electron chi connectivity index (χ2n) is 4.50. The highest BCUT2D eigenvalue weighted by Gasteiger charge is 2.06. The van der Waals surface area contributed by atoms with Gasteiger partial charge in [0.15, 0.2) is 0 Å². The minimum atomic E-state index is 0.366. The van der Waals surface area contributed by atoms with E-state index in [4.69, 9.17) is 27.4 Å². The zero-order valence-corrected chi connectivity index (χ0v) is 14.0. The van der Waals surface area contributed by atoms with Crippen LogP contribution in [0.4, 0.5) is 0 Å². The van der Waals surface area contributed by atoms with Crippen LogP contribution in [-0.4, -0.2) is 18.7 Å². The summed E-state index contributed by atoms with van der Waals surface area (Å²) in [5.74, 6) is 1.50. The van der Waals surface area contributed by atoms with Crippen molar-refractivity contribution >= 4 is 33.1 Å². The minimum Gasteiger partial charge on any atom is -0.456 e. The molecular formula is C16H16BrNO2S. The second kappa shape index (κ2) is 7.54. The van der Waals surface area contributed by atoms with E-state index in [-0.39, 0.29) is 0 Å². The van der Waals surface area contributed by atoms with Crippen molar-refractivity contribution < 1.29 is 9.47 Å². The van der Waals surface area contributed by atoms with Gasteiger partial charge < -0.3 is 15.2 Å². The van der Waals surface area contributed by atoms with Crippen LogP contribution in [0.25, 0.3) is 0 Å². The van der Waals surface area contributed by atoms with Gasteiger partial charge in [-0.1, -0.05) is 24.4 Å². The number of benzene rings is 2. The van der Waals surface area contributed by atoms with Crippen molar-refractivity contribution in [3.8, 4) is 11.5 Å². The molecule has 0 atom stereocenters. The Labute approximate surface area is 138 Å². The minimum absolute atomic E-state index is 0.366. The highest BCUT2D eigenvalue weighted by Crippen LogP contribution is 2.30. The largest absolute Gasteiger partial charge is 0.456 e. The van der Waals surface area contributed by atoms with Gasteiger partial charge in [0, 0.05) is 12.7 Å². The molecule has 0 unspecified atom stereocenters. The fourth-order valence-corrected chi connectivity index (χ4v) is 2.39. The maximum atomic E-state index is 5.84. The highest BCUT2D eigenvalue weighted by atomic mass is 79.9. The van der Waals surface area contributed by atoms with Crippen LogP contribution < -0.4 is 10.5 Å². The first kappa shape index (κ1) is 15.9. The van der Waals surface area contributed by atoms with E-state index in [1.54, 1.807) is 7.11 Å². The topological polar surface area (TPSA) is 44.5 Å². The smallest absolute Gasteiger partial charge is 0.141 e. The molecule has 0 bridgehead atoms. The Morgan fingerprint density at radius 3 is 2.48 bits per heavy atom. The number of nitrogens with two attached hydrogens (primary N) is 1. The normalized spacial score (nSPS) is 10.4. The van der Waals surface area contributed by atoms with Crippen LogP contribution in [0, 0.1) is 0 Å². The third kappa shape index (κ3) is 4.52. The Morgan fingerprint density at radius 2 is 1.90 bits per heavy atom. The number of ether oxygens (including phenoxy) is 2. The Bertz CT molecular complexity index is 629. The summed E-state index contributed by atoms with van der Waals surface area (Å²) in [6.07, 6.45) is 0.892. The molecule has 0 fully saturated rings. The molecule has 110 valence electrons. The van der Waals surface area contributed by atoms with Crippen molar-refractivity contribution in [3.05, 3.63) is 58.1 Å². The number of halogens is 1. The summed E-state index contributed by atoms with van der Waals surface area (Å²) in [5.41, 5.74) is 7.62. The predicted molar refractivity (Wildman–Crippen MR) is 92.1 cm³/mol. The number of hydrogen-bond donors (Lipinski definition) is 1. The van der Waals surface area contributed by atoms with E-state index in [9.17, 15) is 0 Å². The van der Waals surface area contributed by atoms with Gasteiger partial charge in [0.1, 0.15) is 16.5 Å². The van der Waals surface area contributed by atoms with Crippen molar-refractivity contribution in [2.45, 2.75) is 6.42 Å². The molecular weight excluding hydrogens is 350 g/mol. The van der Waals surface area contributed by atoms with E-state index < -0.39 is 0 Å². The van der Waals surface area contributed by atoms with E-state index in [1.807, 2.05) is 42.5 Å². The molecule has 0 aromatic heterocycles. The fraction of sp³-hybridized carbons (Fsp3) is 0.188. The van der Waals surface area contributed by atoms with Gasteiger partial charge in [-0.3, -0.25) is 0 Å². The van der Waals surface area contributed by atoms with Gasteiger partial charge in [-0.25, -0.2) is 0 Å². The molecule has 0 radical (unpaired) electrons. The molecule has 3 nitrogen and oxygen atoms in total. The Kier molecular flexibility index (Phi) is 5.73. The summed E-state index contributed by atoms with van der Waals surface area (Å²) in [4.78, 5) is 0.366. The third-order valence-electron chi connectivity index (χ3n) is 2.96. The average Bonchev–Trinajstić information content (AvgIpc) is 2.48. The van der Waals surface area contributed by atoms with Gasteiger partial charge in [0.05, 0.1) is 11.1 Å². The third-order valence-corrected chi connectivity index (χ3v) is 3.82. The molecule has 2 aromatic rings. The van der Waals surface area contributed by atoms with Crippen molar-refractivity contribution in [1.29, 1.82) is 0 Å². The van der Waals surface area contributed by atoms with Gasteiger partial charge in [0.25, 0.3) is 0 Å². The summed E-state index contributed by atoms with van der Waals surface area (Å²) in [5, 5.41) is 0. The van der Waals surface area contributed by atoms with Crippen LogP contribution in [0.2, 0.25) is 0 Å². The first-order chi connectivity index (χ1) is 10.1. The van der Waals surface area contributed by atoms with Crippen molar-refractivity contribution in [2.75, 3.05) is 13.7 Å². The molecule has 0 aliphatic heterocycles. The first-order valence-electron chi connectivity index (χ1n) is 6.45. The van der Waals surface area contributed by atoms with E-state index >= 15 is 0 Å². The summed E-state index contributed by atoms with van der Waals surface area (Å²) in [6, 6.07) is 13.5. The monoisotopic (exact) mass is 365 g/mol. The van der Waals surface area contributed by atoms with Gasteiger partial charge in [-0.2, -0.15) is 0 Å². The summed E-state index contributed by atoms with van der Waals surface area (Å²) < 4.78 is 11.7. The predicted octanol–water partition coefficient (Wildman–Crippen LogP) is 4.06. The molecule has 5 heteroatoms. The zero-order chi connectivity index (χ0) is 15.2. The van der Waals surface area contributed by atoms with E-state index in [0.29, 0.717) is 11.6 Å². The molecule has 21 heavy (non-hydrogen) atoms.